The molecule has 0 N–H and O–H groups in total. The third kappa shape index (κ3) is 2.08. The SMILES string of the molecule is COc1ccc(-c2nn3c(C(C)C)nnc3s2)cc1. The van der Waals surface area contributed by atoms with E-state index in [0.29, 0.717) is 5.92 Å². The second-order valence-corrected chi connectivity index (χ2v) is 5.50. The number of hydrogen-bond acceptors (Lipinski definition) is 5. The minimum atomic E-state index is 0.306. The zero-order chi connectivity index (χ0) is 13.4. The van der Waals surface area contributed by atoms with Crippen LogP contribution in [0.25, 0.3) is 15.5 Å². The molecular weight excluding hydrogens is 260 g/mol. The molecule has 19 heavy (non-hydrogen) atoms. The highest BCUT2D eigenvalue weighted by atomic mass is 32.1. The lowest BCUT2D eigenvalue weighted by atomic mass is 10.2. The number of nitrogens with zero attached hydrogens (tertiary/aromatic N) is 4. The van der Waals surface area contributed by atoms with Gasteiger partial charge in [-0.3, -0.25) is 0 Å². The molecule has 0 spiro atoms. The van der Waals surface area contributed by atoms with Crippen LogP contribution in [0.15, 0.2) is 24.3 Å². The Morgan fingerprint density at radius 3 is 2.53 bits per heavy atom. The number of hydrogen-bond donors (Lipinski definition) is 0. The molecule has 2 aromatic heterocycles. The molecule has 3 aromatic rings. The van der Waals surface area contributed by atoms with Crippen molar-refractivity contribution < 1.29 is 4.74 Å². The van der Waals surface area contributed by atoms with Gasteiger partial charge in [-0.2, -0.15) is 9.61 Å². The highest BCUT2D eigenvalue weighted by molar-refractivity contribution is 7.19. The van der Waals surface area contributed by atoms with E-state index in [-0.39, 0.29) is 0 Å². The molecular formula is C13H14N4OS. The van der Waals surface area contributed by atoms with Gasteiger partial charge in [0.15, 0.2) is 5.82 Å². The van der Waals surface area contributed by atoms with E-state index in [4.69, 9.17) is 4.74 Å². The van der Waals surface area contributed by atoms with Crippen molar-refractivity contribution in [1.29, 1.82) is 0 Å². The fraction of sp³-hybridized carbons (Fsp3) is 0.308. The molecule has 0 amide bonds. The first kappa shape index (κ1) is 12.1. The molecule has 0 aliphatic heterocycles. The second-order valence-electron chi connectivity index (χ2n) is 4.54. The monoisotopic (exact) mass is 274 g/mol. The van der Waals surface area contributed by atoms with E-state index in [1.54, 1.807) is 7.11 Å². The van der Waals surface area contributed by atoms with Gasteiger partial charge in [0.25, 0.3) is 0 Å². The van der Waals surface area contributed by atoms with Crippen LogP contribution in [-0.2, 0) is 0 Å². The Balaban J connectivity index is 2.04. The van der Waals surface area contributed by atoms with Gasteiger partial charge < -0.3 is 4.74 Å². The average Bonchev–Trinajstić information content (AvgIpc) is 2.98. The summed E-state index contributed by atoms with van der Waals surface area (Å²) in [6.45, 7) is 4.17. The van der Waals surface area contributed by atoms with Crippen molar-refractivity contribution in [2.45, 2.75) is 19.8 Å². The number of rotatable bonds is 3. The first-order valence-corrected chi connectivity index (χ1v) is 6.87. The fourth-order valence-corrected chi connectivity index (χ4v) is 2.69. The van der Waals surface area contributed by atoms with Crippen molar-refractivity contribution in [2.75, 3.05) is 7.11 Å². The van der Waals surface area contributed by atoms with E-state index >= 15 is 0 Å². The average molecular weight is 274 g/mol. The van der Waals surface area contributed by atoms with Crippen molar-refractivity contribution in [3.63, 3.8) is 0 Å². The standard InChI is InChI=1S/C13H14N4OS/c1-8(2)11-14-15-13-17(11)16-12(19-13)9-4-6-10(18-3)7-5-9/h4-8H,1-3H3. The number of aromatic nitrogens is 4. The topological polar surface area (TPSA) is 52.3 Å². The van der Waals surface area contributed by atoms with Gasteiger partial charge in [0, 0.05) is 11.5 Å². The zero-order valence-corrected chi connectivity index (χ0v) is 11.8. The molecule has 0 saturated heterocycles. The predicted octanol–water partition coefficient (Wildman–Crippen LogP) is 2.98. The number of ether oxygens (including phenoxy) is 1. The van der Waals surface area contributed by atoms with E-state index < -0.39 is 0 Å². The highest BCUT2D eigenvalue weighted by Gasteiger charge is 2.14. The third-order valence-electron chi connectivity index (χ3n) is 2.87. The third-order valence-corrected chi connectivity index (χ3v) is 3.82. The van der Waals surface area contributed by atoms with Crippen LogP contribution in [0, 0.1) is 0 Å². The zero-order valence-electron chi connectivity index (χ0n) is 11.0. The van der Waals surface area contributed by atoms with Crippen molar-refractivity contribution in [3.05, 3.63) is 30.1 Å². The Hall–Kier alpha value is -1.95. The second kappa shape index (κ2) is 4.62. The first-order valence-electron chi connectivity index (χ1n) is 6.05. The van der Waals surface area contributed by atoms with E-state index in [1.807, 2.05) is 28.8 Å². The van der Waals surface area contributed by atoms with E-state index in [0.717, 1.165) is 27.1 Å². The van der Waals surface area contributed by atoms with Gasteiger partial charge in [-0.05, 0) is 24.3 Å². The van der Waals surface area contributed by atoms with Crippen molar-refractivity contribution in [1.82, 2.24) is 19.8 Å². The summed E-state index contributed by atoms with van der Waals surface area (Å²) >= 11 is 1.54. The van der Waals surface area contributed by atoms with Crippen LogP contribution >= 0.6 is 11.3 Å². The van der Waals surface area contributed by atoms with Crippen molar-refractivity contribution in [3.8, 4) is 16.3 Å². The van der Waals surface area contributed by atoms with Gasteiger partial charge in [-0.25, -0.2) is 0 Å². The Bertz CT molecular complexity index is 699. The largest absolute Gasteiger partial charge is 0.497 e. The highest BCUT2D eigenvalue weighted by Crippen LogP contribution is 2.28. The van der Waals surface area contributed by atoms with E-state index in [2.05, 4.69) is 29.1 Å². The normalized spacial score (nSPS) is 11.4. The molecule has 5 nitrogen and oxygen atoms in total. The molecule has 98 valence electrons. The summed E-state index contributed by atoms with van der Waals surface area (Å²) in [6.07, 6.45) is 0. The van der Waals surface area contributed by atoms with Gasteiger partial charge in [-0.15, -0.1) is 10.2 Å². The molecule has 0 aliphatic rings. The number of methoxy groups -OCH3 is 1. The lowest BCUT2D eigenvalue weighted by Gasteiger charge is -2.00. The quantitative estimate of drug-likeness (QED) is 0.736. The van der Waals surface area contributed by atoms with Gasteiger partial charge in [-0.1, -0.05) is 25.2 Å². The van der Waals surface area contributed by atoms with Gasteiger partial charge >= 0.3 is 0 Å². The summed E-state index contributed by atoms with van der Waals surface area (Å²) in [7, 11) is 1.66. The van der Waals surface area contributed by atoms with Crippen molar-refractivity contribution in [2.24, 2.45) is 0 Å². The smallest absolute Gasteiger partial charge is 0.234 e. The molecule has 6 heteroatoms. The predicted molar refractivity (Wildman–Crippen MR) is 74.7 cm³/mol. The lowest BCUT2D eigenvalue weighted by molar-refractivity contribution is 0.415. The van der Waals surface area contributed by atoms with Crippen LogP contribution in [-0.4, -0.2) is 26.9 Å². The van der Waals surface area contributed by atoms with E-state index in [1.165, 1.54) is 11.3 Å². The van der Waals surface area contributed by atoms with Crippen LogP contribution in [0.4, 0.5) is 0 Å². The molecule has 0 radical (unpaired) electrons. The van der Waals surface area contributed by atoms with Gasteiger partial charge in [0.05, 0.1) is 7.11 Å². The minimum absolute atomic E-state index is 0.306. The summed E-state index contributed by atoms with van der Waals surface area (Å²) in [6, 6.07) is 7.86. The van der Waals surface area contributed by atoms with Gasteiger partial charge in [0.2, 0.25) is 4.96 Å². The maximum atomic E-state index is 5.15. The molecule has 0 saturated carbocycles. The van der Waals surface area contributed by atoms with Crippen LogP contribution in [0.2, 0.25) is 0 Å². The first-order chi connectivity index (χ1) is 9.19. The molecule has 0 aliphatic carbocycles. The maximum absolute atomic E-state index is 5.15. The van der Waals surface area contributed by atoms with Gasteiger partial charge in [0.1, 0.15) is 10.8 Å². The Morgan fingerprint density at radius 1 is 1.16 bits per heavy atom. The maximum Gasteiger partial charge on any atom is 0.234 e. The number of benzene rings is 1. The summed E-state index contributed by atoms with van der Waals surface area (Å²) in [5, 5.41) is 13.9. The van der Waals surface area contributed by atoms with Crippen LogP contribution in [0.3, 0.4) is 0 Å². The summed E-state index contributed by atoms with van der Waals surface area (Å²) in [5.41, 5.74) is 1.06. The molecule has 0 unspecified atom stereocenters. The lowest BCUT2D eigenvalue weighted by Crippen LogP contribution is -1.97. The van der Waals surface area contributed by atoms with Crippen molar-refractivity contribution >= 4 is 16.3 Å². The summed E-state index contributed by atoms with van der Waals surface area (Å²) in [4.78, 5) is 0.828. The molecule has 2 heterocycles. The molecule has 3 rings (SSSR count). The molecule has 1 aromatic carbocycles. The molecule has 0 bridgehead atoms. The fourth-order valence-electron chi connectivity index (χ4n) is 1.84. The Morgan fingerprint density at radius 2 is 1.89 bits per heavy atom. The summed E-state index contributed by atoms with van der Waals surface area (Å²) < 4.78 is 6.98. The Kier molecular flexibility index (Phi) is 2.94. The van der Waals surface area contributed by atoms with Crippen LogP contribution < -0.4 is 4.74 Å². The van der Waals surface area contributed by atoms with Crippen LogP contribution in [0.5, 0.6) is 5.75 Å². The van der Waals surface area contributed by atoms with Crippen LogP contribution in [0.1, 0.15) is 25.6 Å². The minimum Gasteiger partial charge on any atom is -0.497 e. The van der Waals surface area contributed by atoms with E-state index in [9.17, 15) is 0 Å². The summed E-state index contributed by atoms with van der Waals surface area (Å²) in [5.74, 6) is 2.04. The molecule has 0 atom stereocenters. The number of fused-ring (bicyclic) bond motifs is 1. The Labute approximate surface area is 114 Å². The molecule has 0 fully saturated rings.